The molecule has 0 aliphatic heterocycles. The smallest absolute Gasteiger partial charge is 0.0878 e. The molecule has 3 heterocycles. The second-order valence-electron chi connectivity index (χ2n) is 6.29. The van der Waals surface area contributed by atoms with E-state index >= 15 is 0 Å². The third-order valence-electron chi connectivity index (χ3n) is 4.25. The molecule has 0 aliphatic carbocycles. The molecule has 4 nitrogen and oxygen atoms in total. The Kier molecular flexibility index (Phi) is 8.29. The summed E-state index contributed by atoms with van der Waals surface area (Å²) in [6, 6.07) is 31.7. The van der Waals surface area contributed by atoms with E-state index in [1.54, 1.807) is 31.0 Å². The number of aromatic nitrogens is 4. The van der Waals surface area contributed by atoms with Crippen LogP contribution in [0.1, 0.15) is 0 Å². The molecule has 0 spiro atoms. The van der Waals surface area contributed by atoms with Crippen molar-refractivity contribution in [2.75, 3.05) is 0 Å². The number of pyridine rings is 2. The van der Waals surface area contributed by atoms with Crippen molar-refractivity contribution < 1.29 is 20.1 Å². The number of hydrogen-bond acceptors (Lipinski definition) is 4. The van der Waals surface area contributed by atoms with E-state index in [9.17, 15) is 0 Å². The number of rotatable bonds is 3. The minimum absolute atomic E-state index is 0. The molecule has 0 bridgehead atoms. The Labute approximate surface area is 195 Å². The first-order valence-corrected chi connectivity index (χ1v) is 9.48. The number of benzene rings is 2. The van der Waals surface area contributed by atoms with Crippen LogP contribution in [0.4, 0.5) is 0 Å². The van der Waals surface area contributed by atoms with Crippen LogP contribution in [0.2, 0.25) is 0 Å². The Morgan fingerprint density at radius 3 is 1.84 bits per heavy atom. The molecule has 5 aromatic rings. The van der Waals surface area contributed by atoms with Gasteiger partial charge in [-0.15, -0.1) is 71.8 Å². The number of nitrogens with zero attached hydrogens (tertiary/aromatic N) is 4. The van der Waals surface area contributed by atoms with Gasteiger partial charge in [0.25, 0.3) is 0 Å². The van der Waals surface area contributed by atoms with Crippen LogP contribution in [-0.2, 0) is 20.1 Å². The second-order valence-corrected chi connectivity index (χ2v) is 6.29. The molecule has 5 rings (SSSR count). The SMILES string of the molecule is [Ir].[c-]1ccccc1-c1cc(-c2cnccn2)ccn1.[c-]1ccccc1-c1ccccn1. The summed E-state index contributed by atoms with van der Waals surface area (Å²) in [4.78, 5) is 16.9. The first kappa shape index (κ1) is 22.2. The standard InChI is InChI=1S/C15H10N3.C11H8N.Ir/c1-2-4-12(5-3-1)14-10-13(6-7-17-14)15-11-16-8-9-18-15;1-2-6-10(7-3-1)11-8-4-5-9-12-11;/h1-4,6-11H;1-6,8-9H;/q2*-1;. The monoisotopic (exact) mass is 579 g/mol. The Balaban J connectivity index is 0.000000183. The summed E-state index contributed by atoms with van der Waals surface area (Å²) in [6.45, 7) is 0. The molecule has 0 saturated carbocycles. The maximum Gasteiger partial charge on any atom is 0.0878 e. The van der Waals surface area contributed by atoms with Gasteiger partial charge < -0.3 is 9.97 Å². The fraction of sp³-hybridized carbons (Fsp3) is 0. The fourth-order valence-corrected chi connectivity index (χ4v) is 2.81. The quantitative estimate of drug-likeness (QED) is 0.264. The van der Waals surface area contributed by atoms with Gasteiger partial charge in [0.15, 0.2) is 0 Å². The molecule has 0 N–H and O–H groups in total. The van der Waals surface area contributed by atoms with Crippen molar-refractivity contribution in [3.8, 4) is 33.8 Å². The van der Waals surface area contributed by atoms with Gasteiger partial charge in [0.2, 0.25) is 0 Å². The van der Waals surface area contributed by atoms with Crippen LogP contribution in [0.25, 0.3) is 33.8 Å². The molecule has 1 radical (unpaired) electrons. The van der Waals surface area contributed by atoms with Crippen molar-refractivity contribution in [2.24, 2.45) is 0 Å². The van der Waals surface area contributed by atoms with Crippen molar-refractivity contribution in [3.63, 3.8) is 0 Å². The van der Waals surface area contributed by atoms with Gasteiger partial charge in [0.1, 0.15) is 0 Å². The van der Waals surface area contributed by atoms with Gasteiger partial charge in [-0.1, -0.05) is 18.2 Å². The first-order valence-electron chi connectivity index (χ1n) is 9.48. The molecule has 0 aliphatic rings. The molecule has 0 saturated heterocycles. The molecule has 2 aromatic carbocycles. The van der Waals surface area contributed by atoms with Gasteiger partial charge in [0, 0.05) is 44.9 Å². The van der Waals surface area contributed by atoms with Crippen molar-refractivity contribution in [1.29, 1.82) is 0 Å². The van der Waals surface area contributed by atoms with Crippen LogP contribution in [-0.4, -0.2) is 19.9 Å². The van der Waals surface area contributed by atoms with Crippen molar-refractivity contribution in [3.05, 3.63) is 122 Å². The van der Waals surface area contributed by atoms with Crippen LogP contribution >= 0.6 is 0 Å². The third-order valence-corrected chi connectivity index (χ3v) is 4.25. The van der Waals surface area contributed by atoms with E-state index in [0.717, 1.165) is 33.8 Å². The Hall–Kier alpha value is -3.53. The summed E-state index contributed by atoms with van der Waals surface area (Å²) < 4.78 is 0. The zero-order chi connectivity index (χ0) is 20.4. The van der Waals surface area contributed by atoms with Crippen molar-refractivity contribution >= 4 is 0 Å². The normalized spacial score (nSPS) is 9.68. The van der Waals surface area contributed by atoms with E-state index in [4.69, 9.17) is 0 Å². The van der Waals surface area contributed by atoms with Gasteiger partial charge in [-0.25, -0.2) is 0 Å². The fourth-order valence-electron chi connectivity index (χ4n) is 2.81. The molecule has 3 aromatic heterocycles. The van der Waals surface area contributed by atoms with Crippen molar-refractivity contribution in [2.45, 2.75) is 0 Å². The Morgan fingerprint density at radius 1 is 0.548 bits per heavy atom. The Morgan fingerprint density at radius 2 is 1.23 bits per heavy atom. The average Bonchev–Trinajstić information content (AvgIpc) is 2.87. The predicted molar refractivity (Wildman–Crippen MR) is 118 cm³/mol. The summed E-state index contributed by atoms with van der Waals surface area (Å²) in [5.74, 6) is 0. The summed E-state index contributed by atoms with van der Waals surface area (Å²) in [6.07, 6.45) is 8.66. The van der Waals surface area contributed by atoms with Gasteiger partial charge in [-0.3, -0.25) is 9.97 Å². The van der Waals surface area contributed by atoms with Crippen LogP contribution in [0.15, 0.2) is 110 Å². The Bertz CT molecular complexity index is 1080. The van der Waals surface area contributed by atoms with E-state index in [1.165, 1.54) is 0 Å². The van der Waals surface area contributed by atoms with E-state index in [-0.39, 0.29) is 20.1 Å². The van der Waals surface area contributed by atoms with E-state index < -0.39 is 0 Å². The van der Waals surface area contributed by atoms with E-state index in [2.05, 4.69) is 32.1 Å². The van der Waals surface area contributed by atoms with Crippen LogP contribution in [0.5, 0.6) is 0 Å². The number of hydrogen-bond donors (Lipinski definition) is 0. The maximum atomic E-state index is 4.36. The molecular weight excluding hydrogens is 561 g/mol. The van der Waals surface area contributed by atoms with Gasteiger partial charge in [-0.05, 0) is 29.1 Å². The topological polar surface area (TPSA) is 51.6 Å². The summed E-state index contributed by atoms with van der Waals surface area (Å²) in [5, 5.41) is 0. The summed E-state index contributed by atoms with van der Waals surface area (Å²) in [5.41, 5.74) is 5.72. The average molecular weight is 579 g/mol. The summed E-state index contributed by atoms with van der Waals surface area (Å²) in [7, 11) is 0. The third kappa shape index (κ3) is 6.22. The zero-order valence-corrected chi connectivity index (χ0v) is 18.9. The molecule has 0 atom stereocenters. The molecule has 0 unspecified atom stereocenters. The van der Waals surface area contributed by atoms with Crippen molar-refractivity contribution in [1.82, 2.24) is 19.9 Å². The molecule has 31 heavy (non-hydrogen) atoms. The summed E-state index contributed by atoms with van der Waals surface area (Å²) >= 11 is 0. The maximum absolute atomic E-state index is 4.36. The first-order chi connectivity index (χ1) is 14.9. The minimum atomic E-state index is 0. The van der Waals surface area contributed by atoms with Crippen LogP contribution < -0.4 is 0 Å². The van der Waals surface area contributed by atoms with E-state index in [1.807, 2.05) is 78.9 Å². The molecular formula is C26H18IrN4-2. The molecule has 5 heteroatoms. The molecule has 0 amide bonds. The second kappa shape index (κ2) is 11.6. The zero-order valence-electron chi connectivity index (χ0n) is 16.5. The largest absolute Gasteiger partial charge is 0.305 e. The van der Waals surface area contributed by atoms with Gasteiger partial charge >= 0.3 is 0 Å². The van der Waals surface area contributed by atoms with E-state index in [0.29, 0.717) is 0 Å². The molecule has 0 fully saturated rings. The van der Waals surface area contributed by atoms with Gasteiger partial charge in [0.05, 0.1) is 11.9 Å². The predicted octanol–water partition coefficient (Wildman–Crippen LogP) is 5.55. The van der Waals surface area contributed by atoms with Crippen LogP contribution in [0.3, 0.4) is 0 Å². The van der Waals surface area contributed by atoms with Gasteiger partial charge in [-0.2, -0.15) is 0 Å². The van der Waals surface area contributed by atoms with Crippen LogP contribution in [0, 0.1) is 12.1 Å². The minimum Gasteiger partial charge on any atom is -0.305 e. The molecule has 153 valence electrons.